The van der Waals surface area contributed by atoms with Gasteiger partial charge in [0.25, 0.3) is 0 Å². The number of carbonyl (C=O) groups is 2. The average molecular weight is 241 g/mol. The van der Waals surface area contributed by atoms with Gasteiger partial charge in [0, 0.05) is 29.0 Å². The predicted molar refractivity (Wildman–Crippen MR) is 67.0 cm³/mol. The van der Waals surface area contributed by atoms with Gasteiger partial charge in [-0.3, -0.25) is 9.59 Å². The van der Waals surface area contributed by atoms with Crippen molar-refractivity contribution in [2.75, 3.05) is 7.11 Å². The molecule has 0 spiro atoms. The lowest BCUT2D eigenvalue weighted by atomic mass is 10.0. The highest BCUT2D eigenvalue weighted by atomic mass is 16.5. The summed E-state index contributed by atoms with van der Waals surface area (Å²) in [6, 6.07) is 8.53. The molecule has 0 radical (unpaired) electrons. The first-order valence-electron chi connectivity index (χ1n) is 5.33. The Bertz CT molecular complexity index is 576. The fraction of sp³-hybridized carbons (Fsp3) is 0.0714. The monoisotopic (exact) mass is 241 g/mol. The molecule has 1 aromatic heterocycles. The minimum absolute atomic E-state index is 0.394. The highest BCUT2D eigenvalue weighted by Crippen LogP contribution is 2.24. The molecule has 0 atom stereocenters. The molecule has 2 rings (SSSR count). The second-order valence-electron chi connectivity index (χ2n) is 3.67. The third-order valence-electron chi connectivity index (χ3n) is 2.60. The van der Waals surface area contributed by atoms with Crippen LogP contribution in [0, 0.1) is 0 Å². The summed E-state index contributed by atoms with van der Waals surface area (Å²) in [6.07, 6.45) is 3.11. The Labute approximate surface area is 104 Å². The van der Waals surface area contributed by atoms with Crippen LogP contribution < -0.4 is 4.74 Å². The Morgan fingerprint density at radius 3 is 2.39 bits per heavy atom. The van der Waals surface area contributed by atoms with E-state index in [0.717, 1.165) is 18.1 Å². The van der Waals surface area contributed by atoms with E-state index >= 15 is 0 Å². The third kappa shape index (κ3) is 2.27. The molecule has 0 bridgehead atoms. The van der Waals surface area contributed by atoms with Crippen LogP contribution in [0.1, 0.15) is 20.7 Å². The maximum atomic E-state index is 11.1. The Hall–Kier alpha value is -2.49. The van der Waals surface area contributed by atoms with Gasteiger partial charge >= 0.3 is 0 Å². The quantitative estimate of drug-likeness (QED) is 0.771. The van der Waals surface area contributed by atoms with E-state index in [1.165, 1.54) is 7.11 Å². The number of rotatable bonds is 4. The van der Waals surface area contributed by atoms with E-state index in [0.29, 0.717) is 22.6 Å². The molecular formula is C14H11NO3. The number of hydrogen-bond donors (Lipinski definition) is 0. The van der Waals surface area contributed by atoms with Gasteiger partial charge in [-0.05, 0) is 5.56 Å². The first-order chi connectivity index (χ1) is 8.78. The molecule has 4 heteroatoms. The van der Waals surface area contributed by atoms with Gasteiger partial charge in [0.2, 0.25) is 5.88 Å². The van der Waals surface area contributed by atoms with E-state index in [2.05, 4.69) is 4.98 Å². The second-order valence-corrected chi connectivity index (χ2v) is 3.67. The molecule has 1 aromatic carbocycles. The number of aldehydes is 2. The first-order valence-corrected chi connectivity index (χ1v) is 5.33. The van der Waals surface area contributed by atoms with Gasteiger partial charge in [-0.2, -0.15) is 0 Å². The van der Waals surface area contributed by atoms with Gasteiger partial charge in [0.15, 0.2) is 6.29 Å². The molecule has 1 heterocycles. The van der Waals surface area contributed by atoms with Crippen molar-refractivity contribution in [3.05, 3.63) is 47.7 Å². The second kappa shape index (κ2) is 5.23. The lowest BCUT2D eigenvalue weighted by molar-refractivity contribution is 0.111. The first kappa shape index (κ1) is 12.0. The maximum Gasteiger partial charge on any atom is 0.213 e. The van der Waals surface area contributed by atoms with Crippen molar-refractivity contribution in [1.29, 1.82) is 0 Å². The summed E-state index contributed by atoms with van der Waals surface area (Å²) >= 11 is 0. The smallest absolute Gasteiger partial charge is 0.213 e. The van der Waals surface area contributed by atoms with Crippen LogP contribution in [0.25, 0.3) is 11.1 Å². The standard InChI is InChI=1S/C14H11NO3/c1-18-14-6-12(9-17)13(7-15-14)11-4-2-10(8-16)3-5-11/h2-9H,1H3. The van der Waals surface area contributed by atoms with Gasteiger partial charge in [-0.1, -0.05) is 24.3 Å². The zero-order chi connectivity index (χ0) is 13.0. The molecule has 4 nitrogen and oxygen atoms in total. The summed E-state index contributed by atoms with van der Waals surface area (Å²) in [6.45, 7) is 0. The fourth-order valence-electron chi connectivity index (χ4n) is 1.64. The number of aromatic nitrogens is 1. The predicted octanol–water partition coefficient (Wildman–Crippen LogP) is 2.38. The molecule has 0 fully saturated rings. The molecule has 18 heavy (non-hydrogen) atoms. The van der Waals surface area contributed by atoms with Crippen LogP contribution in [0.15, 0.2) is 36.5 Å². The number of nitrogens with zero attached hydrogens (tertiary/aromatic N) is 1. The van der Waals surface area contributed by atoms with Crippen LogP contribution in [0.2, 0.25) is 0 Å². The number of hydrogen-bond acceptors (Lipinski definition) is 4. The molecule has 0 amide bonds. The molecule has 0 aliphatic carbocycles. The van der Waals surface area contributed by atoms with E-state index < -0.39 is 0 Å². The van der Waals surface area contributed by atoms with E-state index in [1.807, 2.05) is 0 Å². The number of benzene rings is 1. The minimum atomic E-state index is 0.394. The highest BCUT2D eigenvalue weighted by molar-refractivity contribution is 5.88. The van der Waals surface area contributed by atoms with Gasteiger partial charge < -0.3 is 4.74 Å². The number of carbonyl (C=O) groups excluding carboxylic acids is 2. The molecule has 2 aromatic rings. The number of methoxy groups -OCH3 is 1. The van der Waals surface area contributed by atoms with E-state index in [4.69, 9.17) is 4.74 Å². The fourth-order valence-corrected chi connectivity index (χ4v) is 1.64. The van der Waals surface area contributed by atoms with Crippen molar-refractivity contribution < 1.29 is 14.3 Å². The average Bonchev–Trinajstić information content (AvgIpc) is 2.46. The molecule has 0 aliphatic rings. The Morgan fingerprint density at radius 1 is 1.11 bits per heavy atom. The van der Waals surface area contributed by atoms with Gasteiger partial charge in [0.05, 0.1) is 7.11 Å². The van der Waals surface area contributed by atoms with Crippen molar-refractivity contribution >= 4 is 12.6 Å². The highest BCUT2D eigenvalue weighted by Gasteiger charge is 2.07. The van der Waals surface area contributed by atoms with Crippen molar-refractivity contribution in [3.8, 4) is 17.0 Å². The van der Waals surface area contributed by atoms with Gasteiger partial charge in [-0.25, -0.2) is 4.98 Å². The molecule has 0 aliphatic heterocycles. The van der Waals surface area contributed by atoms with E-state index in [9.17, 15) is 9.59 Å². The van der Waals surface area contributed by atoms with Crippen molar-refractivity contribution in [1.82, 2.24) is 4.98 Å². The van der Waals surface area contributed by atoms with Crippen LogP contribution in [-0.4, -0.2) is 24.7 Å². The van der Waals surface area contributed by atoms with Crippen LogP contribution in [0.5, 0.6) is 5.88 Å². The molecular weight excluding hydrogens is 230 g/mol. The molecule has 0 saturated heterocycles. The summed E-state index contributed by atoms with van der Waals surface area (Å²) in [4.78, 5) is 25.7. The molecule has 90 valence electrons. The Morgan fingerprint density at radius 2 is 1.83 bits per heavy atom. The largest absolute Gasteiger partial charge is 0.481 e. The summed E-state index contributed by atoms with van der Waals surface area (Å²) in [5.74, 6) is 0.394. The van der Waals surface area contributed by atoms with Crippen LogP contribution in [0.3, 0.4) is 0 Å². The summed E-state index contributed by atoms with van der Waals surface area (Å²) in [7, 11) is 1.50. The number of pyridine rings is 1. The van der Waals surface area contributed by atoms with Crippen molar-refractivity contribution in [2.45, 2.75) is 0 Å². The lowest BCUT2D eigenvalue weighted by Crippen LogP contribution is -1.94. The Kier molecular flexibility index (Phi) is 3.48. The van der Waals surface area contributed by atoms with Crippen LogP contribution in [0.4, 0.5) is 0 Å². The molecule has 0 N–H and O–H groups in total. The van der Waals surface area contributed by atoms with E-state index in [-0.39, 0.29) is 0 Å². The maximum absolute atomic E-state index is 11.1. The van der Waals surface area contributed by atoms with Crippen LogP contribution in [-0.2, 0) is 0 Å². The molecule has 0 saturated carbocycles. The van der Waals surface area contributed by atoms with Crippen molar-refractivity contribution in [2.24, 2.45) is 0 Å². The van der Waals surface area contributed by atoms with Gasteiger partial charge in [-0.15, -0.1) is 0 Å². The summed E-state index contributed by atoms with van der Waals surface area (Å²) in [5.41, 5.74) is 2.63. The topological polar surface area (TPSA) is 56.3 Å². The SMILES string of the molecule is COc1cc(C=O)c(-c2ccc(C=O)cc2)cn1. The summed E-state index contributed by atoms with van der Waals surface area (Å²) in [5, 5.41) is 0. The molecule has 0 unspecified atom stereocenters. The normalized spacial score (nSPS) is 9.83. The van der Waals surface area contributed by atoms with Crippen molar-refractivity contribution in [3.63, 3.8) is 0 Å². The zero-order valence-electron chi connectivity index (χ0n) is 9.79. The lowest BCUT2D eigenvalue weighted by Gasteiger charge is -2.06. The van der Waals surface area contributed by atoms with Gasteiger partial charge in [0.1, 0.15) is 6.29 Å². The number of ether oxygens (including phenoxy) is 1. The minimum Gasteiger partial charge on any atom is -0.481 e. The zero-order valence-corrected chi connectivity index (χ0v) is 9.79. The van der Waals surface area contributed by atoms with E-state index in [1.54, 1.807) is 36.5 Å². The summed E-state index contributed by atoms with van der Waals surface area (Å²) < 4.78 is 4.97. The van der Waals surface area contributed by atoms with Crippen LogP contribution >= 0.6 is 0 Å². The Balaban J connectivity index is 2.48. The third-order valence-corrected chi connectivity index (χ3v) is 2.60.